The number of benzene rings is 4. The van der Waals surface area contributed by atoms with Crippen molar-refractivity contribution < 1.29 is 68.5 Å². The van der Waals surface area contributed by atoms with Gasteiger partial charge in [-0.05, 0) is 62.4 Å². The maximum Gasteiger partial charge on any atom is 3.00 e. The maximum atomic E-state index is 12.6. The third kappa shape index (κ3) is 10.2. The first-order valence-corrected chi connectivity index (χ1v) is 18.5. The second-order valence-electron chi connectivity index (χ2n) is 11.5. The Bertz CT molecular complexity index is 2930. The zero-order valence-electron chi connectivity index (χ0n) is 29.6. The number of hydrogen-bond acceptors (Lipinski definition) is 17. The van der Waals surface area contributed by atoms with Gasteiger partial charge in [0.1, 0.15) is 5.69 Å². The van der Waals surface area contributed by atoms with Crippen LogP contribution in [0.4, 0.5) is 34.1 Å². The zero-order valence-corrected chi connectivity index (χ0v) is 32.5. The van der Waals surface area contributed by atoms with Crippen molar-refractivity contribution >= 4 is 54.4 Å². The number of aromatic nitrogens is 4. The molecule has 6 aromatic rings. The molecule has 1 radical (unpaired) electrons. The number of nitrogens with one attached hydrogen (secondary N) is 1. The Kier molecular flexibility index (Phi) is 13.3. The third-order valence-corrected chi connectivity index (χ3v) is 9.36. The molecule has 0 saturated heterocycles. The molecule has 0 atom stereocenters. The topological polar surface area (TPSA) is 369 Å². The quantitative estimate of drug-likeness (QED) is 0.0757. The van der Waals surface area contributed by atoms with Crippen molar-refractivity contribution in [2.24, 2.45) is 20.5 Å². The van der Waals surface area contributed by atoms with E-state index in [0.717, 1.165) is 70.0 Å². The van der Waals surface area contributed by atoms with Crippen molar-refractivity contribution in [3.8, 4) is 28.8 Å². The molecule has 0 aliphatic heterocycles. The van der Waals surface area contributed by atoms with E-state index in [-0.39, 0.29) is 84.0 Å². The Hall–Kier alpha value is -7.15. The second-order valence-corrected chi connectivity index (χ2v) is 14.4. The van der Waals surface area contributed by atoms with E-state index < -0.39 is 53.0 Å². The van der Waals surface area contributed by atoms with E-state index in [0.29, 0.717) is 0 Å². The molecular formula is C32H23CrN10O14S2. The van der Waals surface area contributed by atoms with Crippen LogP contribution in [0.25, 0.3) is 11.4 Å². The van der Waals surface area contributed by atoms with Gasteiger partial charge in [0, 0.05) is 30.1 Å². The van der Waals surface area contributed by atoms with Gasteiger partial charge in [0.25, 0.3) is 37.2 Å². The molecule has 0 fully saturated rings. The van der Waals surface area contributed by atoms with Gasteiger partial charge >= 0.3 is 17.4 Å². The molecule has 4 aromatic carbocycles. The fourth-order valence-corrected chi connectivity index (χ4v) is 5.71. The Morgan fingerprint density at radius 3 is 1.51 bits per heavy atom. The van der Waals surface area contributed by atoms with Crippen LogP contribution in [0.1, 0.15) is 11.4 Å². The molecule has 0 aliphatic rings. The molecule has 303 valence electrons. The minimum absolute atomic E-state index is 0. The van der Waals surface area contributed by atoms with Crippen molar-refractivity contribution in [1.82, 2.24) is 19.6 Å². The molecule has 2 aromatic heterocycles. The Morgan fingerprint density at radius 2 is 1.08 bits per heavy atom. The number of hydrogen-bond donors (Lipinski definition) is 3. The molecule has 0 aliphatic carbocycles. The van der Waals surface area contributed by atoms with Gasteiger partial charge in [0.2, 0.25) is 0 Å². The van der Waals surface area contributed by atoms with E-state index in [4.69, 9.17) is 9.11 Å². The predicted molar refractivity (Wildman–Crippen MR) is 192 cm³/mol. The summed E-state index contributed by atoms with van der Waals surface area (Å²) in [6.45, 7) is 2.98. The fourth-order valence-electron chi connectivity index (χ4n) is 4.75. The molecule has 0 unspecified atom stereocenters. The smallest absolute Gasteiger partial charge is 0.871 e. The van der Waals surface area contributed by atoms with Gasteiger partial charge < -0.3 is 15.3 Å². The van der Waals surface area contributed by atoms with Crippen molar-refractivity contribution in [2.75, 3.05) is 0 Å². The number of aromatic amines is 1. The van der Waals surface area contributed by atoms with Crippen LogP contribution in [0.15, 0.2) is 120 Å². The number of aryl methyl sites for hydroxylation is 2. The van der Waals surface area contributed by atoms with Crippen molar-refractivity contribution in [3.63, 3.8) is 0 Å². The summed E-state index contributed by atoms with van der Waals surface area (Å²) in [6.07, 6.45) is 0. The monoisotopic (exact) mass is 887 g/mol. The van der Waals surface area contributed by atoms with Gasteiger partial charge in [0.05, 0.1) is 53.8 Å². The number of nitro groups is 2. The molecule has 59 heavy (non-hydrogen) atoms. The van der Waals surface area contributed by atoms with Gasteiger partial charge in [-0.2, -0.15) is 32.2 Å². The molecule has 2 heterocycles. The third-order valence-electron chi connectivity index (χ3n) is 7.62. The Labute approximate surface area is 341 Å². The van der Waals surface area contributed by atoms with Crippen LogP contribution < -0.4 is 20.9 Å². The van der Waals surface area contributed by atoms with Crippen LogP contribution in [-0.4, -0.2) is 55.3 Å². The van der Waals surface area contributed by atoms with Crippen LogP contribution in [0.3, 0.4) is 0 Å². The largest absolute Gasteiger partial charge is 3.00 e. The number of H-pyrrole nitrogens is 1. The number of azo groups is 2. The Morgan fingerprint density at radius 1 is 0.661 bits per heavy atom. The number of nitro benzene ring substituents is 2. The summed E-state index contributed by atoms with van der Waals surface area (Å²) in [5.74, 6) is -1.92. The maximum absolute atomic E-state index is 12.6. The van der Waals surface area contributed by atoms with E-state index in [2.05, 4.69) is 30.7 Å². The first-order chi connectivity index (χ1) is 27.1. The van der Waals surface area contributed by atoms with Crippen molar-refractivity contribution in [3.05, 3.63) is 127 Å². The van der Waals surface area contributed by atoms with Crippen LogP contribution in [-0.2, 0) is 37.6 Å². The van der Waals surface area contributed by atoms with E-state index in [1.165, 1.54) is 38.1 Å². The minimum atomic E-state index is -4.39. The van der Waals surface area contributed by atoms with Gasteiger partial charge in [0.15, 0.2) is 5.69 Å². The van der Waals surface area contributed by atoms with Crippen LogP contribution >= 0.6 is 0 Å². The van der Waals surface area contributed by atoms with Gasteiger partial charge in [-0.25, -0.2) is 9.36 Å². The molecule has 27 heteroatoms. The average molecular weight is 888 g/mol. The van der Waals surface area contributed by atoms with Gasteiger partial charge in [-0.15, -0.1) is 10.2 Å². The number of nitrogens with zero attached hydrogens (tertiary/aromatic N) is 9. The first kappa shape index (κ1) is 44.6. The molecule has 0 spiro atoms. The molecule has 3 N–H and O–H groups in total. The summed E-state index contributed by atoms with van der Waals surface area (Å²) in [5, 5.41) is 79.2. The van der Waals surface area contributed by atoms with E-state index in [1.54, 1.807) is 0 Å². The Balaban J connectivity index is 0.000000256. The molecule has 0 bridgehead atoms. The molecular weight excluding hydrogens is 865 g/mol. The fraction of sp³-hybridized carbons (Fsp3) is 0.0625. The van der Waals surface area contributed by atoms with Crippen LogP contribution in [0.5, 0.6) is 17.4 Å². The number of rotatable bonds is 10. The summed E-state index contributed by atoms with van der Waals surface area (Å²) in [6, 6.07) is 15.4. The summed E-state index contributed by atoms with van der Waals surface area (Å²) >= 11 is 0. The van der Waals surface area contributed by atoms with E-state index in [1.807, 2.05) is 0 Å². The zero-order chi connectivity index (χ0) is 42.7. The minimum Gasteiger partial charge on any atom is -0.871 e. The van der Waals surface area contributed by atoms with Crippen LogP contribution in [0, 0.1) is 34.1 Å². The number of non-ortho nitro benzene ring substituents is 2. The van der Waals surface area contributed by atoms with Crippen LogP contribution in [0.2, 0.25) is 0 Å². The molecule has 0 saturated carbocycles. The van der Waals surface area contributed by atoms with E-state index in [9.17, 15) is 57.2 Å². The average Bonchev–Trinajstić information content (AvgIpc) is 3.61. The molecule has 0 amide bonds. The van der Waals surface area contributed by atoms with Crippen molar-refractivity contribution in [1.29, 1.82) is 0 Å². The predicted octanol–water partition coefficient (Wildman–Crippen LogP) is 4.01. The summed E-state index contributed by atoms with van der Waals surface area (Å²) in [5.41, 5.74) is -1.41. The molecule has 6 rings (SSSR count). The van der Waals surface area contributed by atoms with Crippen molar-refractivity contribution in [2.45, 2.75) is 23.6 Å². The standard InChI is InChI=1S/2C16H13N5O7S.Cr/c2*1-9-15(18-17-13-8-11(21(24)25)4-7-14(13)22)16(23)20(19-9)10-2-5-12(6-3-10)29(26,27)28;/h2-8,22-23H,1H3,(H,26,27,28);2-8,19,22H,1H3,(H,26,27,28);/q;;+3/p-3. The first-order valence-electron chi connectivity index (χ1n) is 15.6. The normalized spacial score (nSPS) is 11.6. The summed E-state index contributed by atoms with van der Waals surface area (Å²) < 4.78 is 64.4. The molecule has 24 nitrogen and oxygen atoms in total. The van der Waals surface area contributed by atoms with Gasteiger partial charge in [-0.3, -0.25) is 39.2 Å². The summed E-state index contributed by atoms with van der Waals surface area (Å²) in [4.78, 5) is 32.1. The second kappa shape index (κ2) is 17.6. The van der Waals surface area contributed by atoms with E-state index >= 15 is 0 Å². The SMILES string of the molecule is Cc1[nH]n(-c2ccc(S(=O)(=O)O)cc2)c(=O)c1N=Nc1cc([N+](=O)[O-])ccc1[O-].Cc1nn(-c2ccc(S(=O)(=O)O)cc2)c([O-])c1N=Nc1cc([N+](=O)[O-])ccc1[O-].[Cr+3]. The summed E-state index contributed by atoms with van der Waals surface area (Å²) in [7, 11) is -8.76. The van der Waals surface area contributed by atoms with Gasteiger partial charge in [-0.1, -0.05) is 23.6 Å².